The second kappa shape index (κ2) is 6.95. The van der Waals surface area contributed by atoms with E-state index in [0.29, 0.717) is 5.00 Å². The van der Waals surface area contributed by atoms with E-state index in [1.54, 1.807) is 11.8 Å². The van der Waals surface area contributed by atoms with Crippen LogP contribution in [0.2, 0.25) is 0 Å². The van der Waals surface area contributed by atoms with E-state index < -0.39 is 0 Å². The fourth-order valence-corrected chi connectivity index (χ4v) is 3.98. The van der Waals surface area contributed by atoms with Gasteiger partial charge in [-0.05, 0) is 60.8 Å². The van der Waals surface area contributed by atoms with Gasteiger partial charge in [0.2, 0.25) is 0 Å². The standard InChI is InChI=1S/C18H15N3OS2/c1-11-4-3-5-12(2)16(11)23-14-8-6-13(7-9-14)20-18-15(10-19)17(22)21-24-18/h3-9,20H,1-2H3,(H,21,22). The van der Waals surface area contributed by atoms with Crippen LogP contribution in [-0.4, -0.2) is 4.37 Å². The Labute approximate surface area is 148 Å². The molecule has 0 radical (unpaired) electrons. The highest BCUT2D eigenvalue weighted by molar-refractivity contribution is 7.99. The van der Waals surface area contributed by atoms with E-state index in [2.05, 4.69) is 41.7 Å². The molecule has 2 aromatic carbocycles. The van der Waals surface area contributed by atoms with Gasteiger partial charge in [-0.3, -0.25) is 9.17 Å². The third kappa shape index (κ3) is 3.37. The minimum Gasteiger partial charge on any atom is -0.345 e. The van der Waals surface area contributed by atoms with Crippen molar-refractivity contribution in [1.29, 1.82) is 5.26 Å². The smallest absolute Gasteiger partial charge is 0.278 e. The molecule has 0 saturated heterocycles. The van der Waals surface area contributed by atoms with Crippen LogP contribution in [0.15, 0.2) is 57.1 Å². The van der Waals surface area contributed by atoms with Crippen LogP contribution < -0.4 is 10.9 Å². The van der Waals surface area contributed by atoms with Crippen molar-refractivity contribution >= 4 is 34.0 Å². The van der Waals surface area contributed by atoms with Gasteiger partial charge in [0.05, 0.1) is 0 Å². The Kier molecular flexibility index (Phi) is 4.74. The minimum atomic E-state index is -0.354. The number of rotatable bonds is 4. The SMILES string of the molecule is Cc1cccc(C)c1Sc1ccc(Nc2s[nH]c(=O)c2C#N)cc1. The van der Waals surface area contributed by atoms with Crippen LogP contribution >= 0.6 is 23.3 Å². The zero-order valence-corrected chi connectivity index (χ0v) is 14.8. The Morgan fingerprint density at radius 1 is 1.12 bits per heavy atom. The first kappa shape index (κ1) is 16.4. The summed E-state index contributed by atoms with van der Waals surface area (Å²) in [5.41, 5.74) is 3.13. The van der Waals surface area contributed by atoms with Crippen molar-refractivity contribution in [2.75, 3.05) is 5.32 Å². The lowest BCUT2D eigenvalue weighted by molar-refractivity contribution is 1.21. The molecule has 0 aliphatic heterocycles. The second-order valence-electron chi connectivity index (χ2n) is 5.32. The topological polar surface area (TPSA) is 68.7 Å². The molecule has 1 heterocycles. The first-order chi connectivity index (χ1) is 11.6. The maximum atomic E-state index is 11.5. The molecule has 0 atom stereocenters. The van der Waals surface area contributed by atoms with Crippen molar-refractivity contribution in [3.05, 3.63) is 69.5 Å². The fraction of sp³-hybridized carbons (Fsp3) is 0.111. The van der Waals surface area contributed by atoms with E-state index in [1.165, 1.54) is 16.0 Å². The van der Waals surface area contributed by atoms with Crippen LogP contribution in [0.4, 0.5) is 10.7 Å². The van der Waals surface area contributed by atoms with Crippen LogP contribution in [0.3, 0.4) is 0 Å². The normalized spacial score (nSPS) is 10.4. The fourth-order valence-electron chi connectivity index (χ4n) is 2.31. The molecule has 0 aliphatic carbocycles. The Bertz CT molecular complexity index is 945. The zero-order chi connectivity index (χ0) is 17.1. The van der Waals surface area contributed by atoms with Crippen molar-refractivity contribution in [2.24, 2.45) is 0 Å². The lowest BCUT2D eigenvalue weighted by Crippen LogP contribution is -2.02. The van der Waals surface area contributed by atoms with Crippen LogP contribution in [0.1, 0.15) is 16.7 Å². The predicted octanol–water partition coefficient (Wildman–Crippen LogP) is 4.82. The summed E-state index contributed by atoms with van der Waals surface area (Å²) in [6.45, 7) is 4.23. The summed E-state index contributed by atoms with van der Waals surface area (Å²) in [7, 11) is 0. The van der Waals surface area contributed by atoms with E-state index in [9.17, 15) is 4.79 Å². The van der Waals surface area contributed by atoms with Gasteiger partial charge in [0.15, 0.2) is 5.56 Å². The van der Waals surface area contributed by atoms with Crippen LogP contribution in [0, 0.1) is 25.2 Å². The molecule has 1 aromatic heterocycles. The summed E-state index contributed by atoms with van der Waals surface area (Å²) >= 11 is 2.86. The van der Waals surface area contributed by atoms with E-state index in [1.807, 2.05) is 30.3 Å². The van der Waals surface area contributed by atoms with Gasteiger partial charge in [0, 0.05) is 15.5 Å². The van der Waals surface area contributed by atoms with Gasteiger partial charge in [-0.2, -0.15) is 5.26 Å². The highest BCUT2D eigenvalue weighted by Gasteiger charge is 2.10. The predicted molar refractivity (Wildman–Crippen MR) is 99.4 cm³/mol. The Hall–Kier alpha value is -2.49. The number of nitrogens with zero attached hydrogens (tertiary/aromatic N) is 1. The second-order valence-corrected chi connectivity index (χ2v) is 7.22. The van der Waals surface area contributed by atoms with E-state index >= 15 is 0 Å². The molecular formula is C18H15N3OS2. The molecule has 120 valence electrons. The molecule has 0 spiro atoms. The van der Waals surface area contributed by atoms with Crippen LogP contribution in [-0.2, 0) is 0 Å². The van der Waals surface area contributed by atoms with Crippen molar-refractivity contribution in [3.63, 3.8) is 0 Å². The van der Waals surface area contributed by atoms with Crippen molar-refractivity contribution < 1.29 is 0 Å². The molecule has 0 bridgehead atoms. The number of anilines is 2. The molecule has 6 heteroatoms. The number of aromatic nitrogens is 1. The van der Waals surface area contributed by atoms with Gasteiger partial charge in [-0.25, -0.2) is 0 Å². The first-order valence-corrected chi connectivity index (χ1v) is 8.94. The molecular weight excluding hydrogens is 338 g/mol. The molecule has 0 fully saturated rings. The van der Waals surface area contributed by atoms with Crippen molar-refractivity contribution in [2.45, 2.75) is 23.6 Å². The number of hydrogen-bond acceptors (Lipinski definition) is 5. The Morgan fingerprint density at radius 2 is 1.79 bits per heavy atom. The maximum absolute atomic E-state index is 11.5. The third-order valence-electron chi connectivity index (χ3n) is 3.55. The van der Waals surface area contributed by atoms with E-state index in [4.69, 9.17) is 5.26 Å². The Balaban J connectivity index is 1.79. The number of benzene rings is 2. The molecule has 0 amide bonds. The summed E-state index contributed by atoms with van der Waals surface area (Å²) in [4.78, 5) is 13.9. The summed E-state index contributed by atoms with van der Waals surface area (Å²) in [5, 5.41) is 12.7. The number of nitrogens with one attached hydrogen (secondary N) is 2. The van der Waals surface area contributed by atoms with Crippen molar-refractivity contribution in [1.82, 2.24) is 4.37 Å². The summed E-state index contributed by atoms with van der Waals surface area (Å²) in [5.74, 6) is 0. The van der Waals surface area contributed by atoms with Gasteiger partial charge in [0.25, 0.3) is 5.56 Å². The zero-order valence-electron chi connectivity index (χ0n) is 13.2. The number of nitriles is 1. The largest absolute Gasteiger partial charge is 0.345 e. The highest BCUT2D eigenvalue weighted by atomic mass is 32.2. The quantitative estimate of drug-likeness (QED) is 0.705. The van der Waals surface area contributed by atoms with Crippen molar-refractivity contribution in [3.8, 4) is 6.07 Å². The first-order valence-electron chi connectivity index (χ1n) is 7.31. The van der Waals surface area contributed by atoms with Crippen LogP contribution in [0.5, 0.6) is 0 Å². The molecule has 24 heavy (non-hydrogen) atoms. The third-order valence-corrected chi connectivity index (χ3v) is 5.71. The lowest BCUT2D eigenvalue weighted by Gasteiger charge is -2.10. The molecule has 2 N–H and O–H groups in total. The van der Waals surface area contributed by atoms with Gasteiger partial charge >= 0.3 is 0 Å². The summed E-state index contributed by atoms with van der Waals surface area (Å²) in [6, 6.07) is 16.2. The van der Waals surface area contributed by atoms with E-state index in [-0.39, 0.29) is 11.1 Å². The van der Waals surface area contributed by atoms with Gasteiger partial charge in [-0.1, -0.05) is 30.0 Å². The summed E-state index contributed by atoms with van der Waals surface area (Å²) < 4.78 is 2.56. The molecule has 3 aromatic rings. The molecule has 4 nitrogen and oxygen atoms in total. The number of hydrogen-bond donors (Lipinski definition) is 2. The average Bonchev–Trinajstić information content (AvgIpc) is 2.92. The van der Waals surface area contributed by atoms with Crippen LogP contribution in [0.25, 0.3) is 0 Å². The maximum Gasteiger partial charge on any atom is 0.278 e. The summed E-state index contributed by atoms with van der Waals surface area (Å²) in [6.07, 6.45) is 0. The number of H-pyrrole nitrogens is 1. The lowest BCUT2D eigenvalue weighted by atomic mass is 10.2. The highest BCUT2D eigenvalue weighted by Crippen LogP contribution is 2.33. The monoisotopic (exact) mass is 353 g/mol. The average molecular weight is 353 g/mol. The number of aromatic amines is 1. The molecule has 0 unspecified atom stereocenters. The molecule has 0 aliphatic rings. The minimum absolute atomic E-state index is 0.119. The van der Waals surface area contributed by atoms with Gasteiger partial charge in [-0.15, -0.1) is 0 Å². The molecule has 3 rings (SSSR count). The molecule has 0 saturated carbocycles. The van der Waals surface area contributed by atoms with E-state index in [0.717, 1.165) is 22.1 Å². The van der Waals surface area contributed by atoms with Gasteiger partial charge < -0.3 is 5.32 Å². The van der Waals surface area contributed by atoms with Gasteiger partial charge in [0.1, 0.15) is 11.1 Å². The Morgan fingerprint density at radius 3 is 2.42 bits per heavy atom. The number of aryl methyl sites for hydroxylation is 2.